The van der Waals surface area contributed by atoms with Gasteiger partial charge >= 0.3 is 0 Å². The summed E-state index contributed by atoms with van der Waals surface area (Å²) in [6, 6.07) is 0. The zero-order chi connectivity index (χ0) is 20.0. The van der Waals surface area contributed by atoms with Gasteiger partial charge in [0, 0.05) is 0 Å². The van der Waals surface area contributed by atoms with Crippen LogP contribution in [0.25, 0.3) is 0 Å². The fraction of sp³-hybridized carbons (Fsp3) is 1.00. The van der Waals surface area contributed by atoms with E-state index in [1.54, 1.807) is 0 Å². The summed E-state index contributed by atoms with van der Waals surface area (Å²) in [4.78, 5) is 0. The highest BCUT2D eigenvalue weighted by atomic mass is 14.7. The molecule has 0 saturated heterocycles. The third kappa shape index (κ3) is 4.45. The topological polar surface area (TPSA) is 0 Å². The van der Waals surface area contributed by atoms with Crippen LogP contribution in [0.1, 0.15) is 113 Å². The zero-order valence-electron chi connectivity index (χ0n) is 20.0. The lowest BCUT2D eigenvalue weighted by molar-refractivity contribution is 0.0731. The molecule has 7 atom stereocenters. The van der Waals surface area contributed by atoms with Crippen molar-refractivity contribution in [1.82, 2.24) is 0 Å². The molecule has 3 saturated carbocycles. The van der Waals surface area contributed by atoms with Crippen molar-refractivity contribution < 1.29 is 0 Å². The molecule has 3 aliphatic carbocycles. The average molecular weight is 375 g/mol. The Morgan fingerprint density at radius 2 is 1.52 bits per heavy atom. The Kier molecular flexibility index (Phi) is 6.45. The third-order valence-electron chi connectivity index (χ3n) is 9.75. The van der Waals surface area contributed by atoms with E-state index in [2.05, 4.69) is 55.4 Å². The van der Waals surface area contributed by atoms with Crippen LogP contribution in [0.2, 0.25) is 0 Å². The van der Waals surface area contributed by atoms with Gasteiger partial charge in [-0.3, -0.25) is 0 Å². The second-order valence-electron chi connectivity index (χ2n) is 12.3. The van der Waals surface area contributed by atoms with Crippen molar-refractivity contribution in [1.29, 1.82) is 0 Å². The van der Waals surface area contributed by atoms with Crippen LogP contribution in [0, 0.1) is 58.2 Å². The lowest BCUT2D eigenvalue weighted by Crippen LogP contribution is -2.35. The quantitative estimate of drug-likeness (QED) is 0.321. The Balaban J connectivity index is 1.74. The lowest BCUT2D eigenvalue weighted by Gasteiger charge is -2.41. The number of rotatable bonds is 12. The van der Waals surface area contributed by atoms with Crippen molar-refractivity contribution in [2.45, 2.75) is 113 Å². The van der Waals surface area contributed by atoms with Crippen molar-refractivity contribution in [3.8, 4) is 0 Å². The monoisotopic (exact) mass is 374 g/mol. The van der Waals surface area contributed by atoms with Crippen LogP contribution in [0.4, 0.5) is 0 Å². The van der Waals surface area contributed by atoms with Gasteiger partial charge in [-0.15, -0.1) is 0 Å². The van der Waals surface area contributed by atoms with Crippen LogP contribution in [-0.2, 0) is 0 Å². The molecular formula is C27H50. The Labute approximate surface area is 171 Å². The van der Waals surface area contributed by atoms with Gasteiger partial charge in [0.15, 0.2) is 0 Å². The molecular weight excluding hydrogens is 324 g/mol. The van der Waals surface area contributed by atoms with Gasteiger partial charge in [-0.05, 0) is 90.3 Å². The Morgan fingerprint density at radius 1 is 0.889 bits per heavy atom. The van der Waals surface area contributed by atoms with Gasteiger partial charge in [-0.1, -0.05) is 81.1 Å². The van der Waals surface area contributed by atoms with Gasteiger partial charge < -0.3 is 0 Å². The van der Waals surface area contributed by atoms with Crippen molar-refractivity contribution in [2.75, 3.05) is 0 Å². The van der Waals surface area contributed by atoms with E-state index in [0.29, 0.717) is 10.8 Å². The molecule has 0 bridgehead atoms. The maximum atomic E-state index is 2.68. The molecule has 3 fully saturated rings. The fourth-order valence-corrected chi connectivity index (χ4v) is 7.69. The highest BCUT2D eigenvalue weighted by Crippen LogP contribution is 2.75. The molecule has 0 nitrogen and oxygen atoms in total. The van der Waals surface area contributed by atoms with Gasteiger partial charge in [0.25, 0.3) is 0 Å². The summed E-state index contributed by atoms with van der Waals surface area (Å²) in [5, 5.41) is 0. The molecule has 0 radical (unpaired) electrons. The van der Waals surface area contributed by atoms with Crippen molar-refractivity contribution in [3.05, 3.63) is 0 Å². The summed E-state index contributed by atoms with van der Waals surface area (Å²) in [5.74, 6) is 7.48. The van der Waals surface area contributed by atoms with Gasteiger partial charge in [0.05, 0.1) is 0 Å². The van der Waals surface area contributed by atoms with E-state index >= 15 is 0 Å². The van der Waals surface area contributed by atoms with E-state index in [4.69, 9.17) is 0 Å². The molecule has 0 aromatic carbocycles. The van der Waals surface area contributed by atoms with Crippen LogP contribution in [0.3, 0.4) is 0 Å². The minimum Gasteiger partial charge on any atom is -0.0654 e. The standard InChI is InChI=1S/C27H50/c1-9-10-19(4)15-27(17-26(27,8)16-23-11-12-23)22(7)20(5)21(6)25(18(2)3)24-13-14-24/h18-25H,9-17H2,1-8H3. The van der Waals surface area contributed by atoms with Crippen LogP contribution < -0.4 is 0 Å². The van der Waals surface area contributed by atoms with Crippen LogP contribution >= 0.6 is 0 Å². The highest BCUT2D eigenvalue weighted by molar-refractivity contribution is 5.16. The average Bonchev–Trinajstić information content (AvgIpc) is 3.44. The summed E-state index contributed by atoms with van der Waals surface area (Å²) in [7, 11) is 0. The van der Waals surface area contributed by atoms with Crippen LogP contribution in [0.15, 0.2) is 0 Å². The van der Waals surface area contributed by atoms with Crippen molar-refractivity contribution in [2.24, 2.45) is 58.2 Å². The number of hydrogen-bond donors (Lipinski definition) is 0. The first-order chi connectivity index (χ1) is 12.6. The molecule has 0 N–H and O–H groups in total. The molecule has 7 unspecified atom stereocenters. The molecule has 3 rings (SSSR count). The molecule has 3 aliphatic rings. The zero-order valence-corrected chi connectivity index (χ0v) is 20.0. The second-order valence-corrected chi connectivity index (χ2v) is 12.3. The number of hydrogen-bond acceptors (Lipinski definition) is 0. The van der Waals surface area contributed by atoms with Crippen LogP contribution in [0.5, 0.6) is 0 Å². The first-order valence-electron chi connectivity index (χ1n) is 12.6. The van der Waals surface area contributed by atoms with Gasteiger partial charge in [0.1, 0.15) is 0 Å². The van der Waals surface area contributed by atoms with Crippen molar-refractivity contribution >= 4 is 0 Å². The predicted octanol–water partition coefficient (Wildman–Crippen LogP) is 8.60. The van der Waals surface area contributed by atoms with Crippen molar-refractivity contribution in [3.63, 3.8) is 0 Å². The van der Waals surface area contributed by atoms with E-state index in [1.165, 1.54) is 57.8 Å². The third-order valence-corrected chi connectivity index (χ3v) is 9.75. The molecule has 0 amide bonds. The second kappa shape index (κ2) is 8.02. The summed E-state index contributed by atoms with van der Waals surface area (Å²) in [5.41, 5.74) is 1.29. The van der Waals surface area contributed by atoms with Gasteiger partial charge in [0.2, 0.25) is 0 Å². The smallest absolute Gasteiger partial charge is 0.0207 e. The summed E-state index contributed by atoms with van der Waals surface area (Å²) in [6.45, 7) is 20.5. The molecule has 0 aromatic rings. The normalized spacial score (nSPS) is 36.3. The maximum absolute atomic E-state index is 2.68. The Morgan fingerprint density at radius 3 is 2.00 bits per heavy atom. The molecule has 158 valence electrons. The minimum absolute atomic E-state index is 0.642. The highest BCUT2D eigenvalue weighted by Gasteiger charge is 2.67. The van der Waals surface area contributed by atoms with E-state index in [0.717, 1.165) is 47.3 Å². The van der Waals surface area contributed by atoms with E-state index in [9.17, 15) is 0 Å². The Bertz CT molecular complexity index is 482. The molecule has 27 heavy (non-hydrogen) atoms. The lowest BCUT2D eigenvalue weighted by atomic mass is 9.64. The maximum Gasteiger partial charge on any atom is -0.0207 e. The largest absolute Gasteiger partial charge is 0.0654 e. The van der Waals surface area contributed by atoms with E-state index in [1.807, 2.05) is 0 Å². The SMILES string of the molecule is CCCC(C)CC1(C(C)C(C)C(C)C(C(C)C)C2CC2)CC1(C)CC1CC1. The van der Waals surface area contributed by atoms with E-state index < -0.39 is 0 Å². The van der Waals surface area contributed by atoms with Gasteiger partial charge in [-0.2, -0.15) is 0 Å². The minimum atomic E-state index is 0.642. The summed E-state index contributed by atoms with van der Waals surface area (Å²) in [6.07, 6.45) is 13.4. The molecule has 0 spiro atoms. The molecule has 0 aliphatic heterocycles. The molecule has 0 aromatic heterocycles. The van der Waals surface area contributed by atoms with Crippen LogP contribution in [-0.4, -0.2) is 0 Å². The molecule has 0 heteroatoms. The van der Waals surface area contributed by atoms with Gasteiger partial charge in [-0.25, -0.2) is 0 Å². The predicted molar refractivity (Wildman–Crippen MR) is 120 cm³/mol. The fourth-order valence-electron chi connectivity index (χ4n) is 7.69. The summed E-state index contributed by atoms with van der Waals surface area (Å²) < 4.78 is 0. The molecule has 0 heterocycles. The van der Waals surface area contributed by atoms with E-state index in [-0.39, 0.29) is 0 Å². The summed E-state index contributed by atoms with van der Waals surface area (Å²) >= 11 is 0. The Hall–Kier alpha value is 0. The first kappa shape index (κ1) is 21.7. The first-order valence-corrected chi connectivity index (χ1v) is 12.6.